The van der Waals surface area contributed by atoms with Crippen LogP contribution in [0.15, 0.2) is 17.5 Å². The summed E-state index contributed by atoms with van der Waals surface area (Å²) in [7, 11) is 0. The molecule has 0 radical (unpaired) electrons. The summed E-state index contributed by atoms with van der Waals surface area (Å²) in [5.41, 5.74) is 0.585. The third-order valence-electron chi connectivity index (χ3n) is 3.40. The van der Waals surface area contributed by atoms with Crippen LogP contribution < -0.4 is 10.6 Å². The van der Waals surface area contributed by atoms with E-state index >= 15 is 0 Å². The minimum absolute atomic E-state index is 0.0633. The number of halogens is 2. The average molecular weight is 334 g/mol. The molecule has 2 aromatic rings. The average Bonchev–Trinajstić information content (AvgIpc) is 3.25. The number of nitrogens with one attached hydrogen (secondary N) is 2. The van der Waals surface area contributed by atoms with Gasteiger partial charge in [0.15, 0.2) is 5.13 Å². The summed E-state index contributed by atoms with van der Waals surface area (Å²) in [6.45, 7) is -0.0633. The number of anilines is 1. The molecule has 1 aliphatic rings. The second kappa shape index (κ2) is 6.30. The number of amides is 2. The van der Waals surface area contributed by atoms with E-state index in [9.17, 15) is 13.6 Å². The lowest BCUT2D eigenvalue weighted by molar-refractivity contribution is 0.251. The number of hydrogen-bond donors (Lipinski definition) is 2. The van der Waals surface area contributed by atoms with E-state index in [-0.39, 0.29) is 12.1 Å². The van der Waals surface area contributed by atoms with Crippen LogP contribution >= 0.6 is 11.3 Å². The van der Waals surface area contributed by atoms with Gasteiger partial charge in [0.2, 0.25) is 0 Å². The molecule has 2 N–H and O–H groups in total. The van der Waals surface area contributed by atoms with Gasteiger partial charge < -0.3 is 5.32 Å². The van der Waals surface area contributed by atoms with Gasteiger partial charge >= 0.3 is 6.03 Å². The van der Waals surface area contributed by atoms with Crippen molar-refractivity contribution in [1.29, 1.82) is 5.26 Å². The Hall–Kier alpha value is -2.53. The largest absolute Gasteiger partial charge is 0.334 e. The lowest BCUT2D eigenvalue weighted by Crippen LogP contribution is -2.28. The Morgan fingerprint density at radius 2 is 2.09 bits per heavy atom. The van der Waals surface area contributed by atoms with Crippen molar-refractivity contribution in [2.24, 2.45) is 0 Å². The SMILES string of the molecule is N#Cc1c(F)cc(CNC(=O)Nc2nc(C3CC3)cs2)cc1F. The van der Waals surface area contributed by atoms with Crippen molar-refractivity contribution in [1.82, 2.24) is 10.3 Å². The van der Waals surface area contributed by atoms with Crippen molar-refractivity contribution in [2.45, 2.75) is 25.3 Å². The van der Waals surface area contributed by atoms with Crippen LogP contribution in [0.25, 0.3) is 0 Å². The quantitative estimate of drug-likeness (QED) is 0.898. The maximum atomic E-state index is 13.5. The number of aromatic nitrogens is 1. The number of nitrogens with zero attached hydrogens (tertiary/aromatic N) is 2. The Morgan fingerprint density at radius 3 is 2.70 bits per heavy atom. The van der Waals surface area contributed by atoms with Gasteiger partial charge in [0.25, 0.3) is 0 Å². The first-order valence-electron chi connectivity index (χ1n) is 6.95. The Kier molecular flexibility index (Phi) is 4.21. The zero-order valence-electron chi connectivity index (χ0n) is 11.9. The molecule has 1 aromatic heterocycles. The van der Waals surface area contributed by atoms with E-state index in [1.807, 2.05) is 5.38 Å². The molecule has 0 atom stereocenters. The topological polar surface area (TPSA) is 77.8 Å². The smallest absolute Gasteiger partial charge is 0.321 e. The molecule has 0 unspecified atom stereocenters. The molecule has 3 rings (SSSR count). The Morgan fingerprint density at radius 1 is 1.39 bits per heavy atom. The normalized spacial score (nSPS) is 13.4. The van der Waals surface area contributed by atoms with Gasteiger partial charge in [-0.2, -0.15) is 5.26 Å². The van der Waals surface area contributed by atoms with E-state index in [0.29, 0.717) is 11.0 Å². The summed E-state index contributed by atoms with van der Waals surface area (Å²) in [6, 6.07) is 2.99. The number of thiazole rings is 1. The van der Waals surface area contributed by atoms with Crippen molar-refractivity contribution in [2.75, 3.05) is 5.32 Å². The molecule has 8 heteroatoms. The molecule has 0 aliphatic heterocycles. The van der Waals surface area contributed by atoms with Gasteiger partial charge in [-0.25, -0.2) is 18.6 Å². The van der Waals surface area contributed by atoms with Gasteiger partial charge in [0.1, 0.15) is 23.3 Å². The van der Waals surface area contributed by atoms with Crippen LogP contribution in [0.2, 0.25) is 0 Å². The van der Waals surface area contributed by atoms with Crippen LogP contribution in [-0.4, -0.2) is 11.0 Å². The number of carbonyl (C=O) groups is 1. The maximum Gasteiger partial charge on any atom is 0.321 e. The highest BCUT2D eigenvalue weighted by atomic mass is 32.1. The number of urea groups is 1. The molecule has 23 heavy (non-hydrogen) atoms. The van der Waals surface area contributed by atoms with Gasteiger partial charge in [-0.15, -0.1) is 11.3 Å². The van der Waals surface area contributed by atoms with E-state index in [1.54, 1.807) is 0 Å². The van der Waals surface area contributed by atoms with E-state index < -0.39 is 23.2 Å². The Bertz CT molecular complexity index is 772. The predicted octanol–water partition coefficient (Wildman–Crippen LogP) is 3.49. The summed E-state index contributed by atoms with van der Waals surface area (Å²) < 4.78 is 26.9. The summed E-state index contributed by atoms with van der Waals surface area (Å²) in [6.07, 6.45) is 2.26. The summed E-state index contributed by atoms with van der Waals surface area (Å²) in [5.74, 6) is -1.38. The summed E-state index contributed by atoms with van der Waals surface area (Å²) in [4.78, 5) is 16.1. The van der Waals surface area contributed by atoms with Crippen molar-refractivity contribution >= 4 is 22.5 Å². The lowest BCUT2D eigenvalue weighted by atomic mass is 10.1. The van der Waals surface area contributed by atoms with E-state index in [0.717, 1.165) is 30.7 Å². The molecule has 0 spiro atoms. The molecule has 1 aliphatic carbocycles. The first-order chi connectivity index (χ1) is 11.1. The van der Waals surface area contributed by atoms with Gasteiger partial charge in [0.05, 0.1) is 5.69 Å². The zero-order chi connectivity index (χ0) is 16.4. The number of hydrogen-bond acceptors (Lipinski definition) is 4. The number of benzene rings is 1. The number of nitriles is 1. The second-order valence-electron chi connectivity index (χ2n) is 5.21. The van der Waals surface area contributed by atoms with Crippen LogP contribution in [0.4, 0.5) is 18.7 Å². The van der Waals surface area contributed by atoms with E-state index in [1.165, 1.54) is 17.4 Å². The lowest BCUT2D eigenvalue weighted by Gasteiger charge is -2.07. The third-order valence-corrected chi connectivity index (χ3v) is 4.18. The molecule has 1 fully saturated rings. The fourth-order valence-electron chi connectivity index (χ4n) is 2.07. The zero-order valence-corrected chi connectivity index (χ0v) is 12.7. The highest BCUT2D eigenvalue weighted by Crippen LogP contribution is 2.40. The predicted molar refractivity (Wildman–Crippen MR) is 81.0 cm³/mol. The fraction of sp³-hybridized carbons (Fsp3) is 0.267. The molecule has 1 saturated carbocycles. The van der Waals surface area contributed by atoms with Crippen LogP contribution in [-0.2, 0) is 6.54 Å². The summed E-state index contributed by atoms with van der Waals surface area (Å²) in [5, 5.41) is 16.1. The van der Waals surface area contributed by atoms with Crippen LogP contribution in [0, 0.1) is 23.0 Å². The first kappa shape index (κ1) is 15.4. The molecular formula is C15H12F2N4OS. The minimum atomic E-state index is -0.946. The highest BCUT2D eigenvalue weighted by molar-refractivity contribution is 7.13. The van der Waals surface area contributed by atoms with Gasteiger partial charge in [0, 0.05) is 17.8 Å². The fourth-order valence-corrected chi connectivity index (χ4v) is 2.86. The van der Waals surface area contributed by atoms with Gasteiger partial charge in [-0.3, -0.25) is 5.32 Å². The summed E-state index contributed by atoms with van der Waals surface area (Å²) >= 11 is 1.34. The number of rotatable bonds is 4. The molecule has 0 saturated heterocycles. The van der Waals surface area contributed by atoms with Gasteiger partial charge in [-0.05, 0) is 30.5 Å². The number of carbonyl (C=O) groups excluding carboxylic acids is 1. The molecule has 5 nitrogen and oxygen atoms in total. The molecule has 118 valence electrons. The Labute approximate surface area is 135 Å². The maximum absolute atomic E-state index is 13.5. The first-order valence-corrected chi connectivity index (χ1v) is 7.83. The highest BCUT2D eigenvalue weighted by Gasteiger charge is 2.26. The van der Waals surface area contributed by atoms with Crippen LogP contribution in [0.5, 0.6) is 0 Å². The standard InChI is InChI=1S/C15H12F2N4OS/c16-11-3-8(4-12(17)10(11)5-18)6-19-14(22)21-15-20-13(7-23-15)9-1-2-9/h3-4,7,9H,1-2,6H2,(H2,19,20,21,22). The molecule has 0 bridgehead atoms. The van der Waals surface area contributed by atoms with Crippen molar-refractivity contribution in [3.8, 4) is 6.07 Å². The van der Waals surface area contributed by atoms with Crippen molar-refractivity contribution in [3.05, 3.63) is 46.0 Å². The third kappa shape index (κ3) is 3.63. The van der Waals surface area contributed by atoms with Crippen LogP contribution in [0.1, 0.15) is 35.6 Å². The molecular weight excluding hydrogens is 322 g/mol. The van der Waals surface area contributed by atoms with E-state index in [4.69, 9.17) is 5.26 Å². The Balaban J connectivity index is 1.57. The van der Waals surface area contributed by atoms with Gasteiger partial charge in [-0.1, -0.05) is 0 Å². The molecule has 1 aromatic carbocycles. The molecule has 1 heterocycles. The minimum Gasteiger partial charge on any atom is -0.334 e. The van der Waals surface area contributed by atoms with E-state index in [2.05, 4.69) is 15.6 Å². The van der Waals surface area contributed by atoms with Crippen molar-refractivity contribution in [3.63, 3.8) is 0 Å². The van der Waals surface area contributed by atoms with Crippen molar-refractivity contribution < 1.29 is 13.6 Å². The second-order valence-corrected chi connectivity index (χ2v) is 6.06. The monoisotopic (exact) mass is 334 g/mol. The molecule has 2 amide bonds. The van der Waals surface area contributed by atoms with Crippen LogP contribution in [0.3, 0.4) is 0 Å².